The Morgan fingerprint density at radius 2 is 2.05 bits per heavy atom. The van der Waals surface area contributed by atoms with Gasteiger partial charge in [-0.25, -0.2) is 0 Å². The van der Waals surface area contributed by atoms with Crippen LogP contribution in [0.2, 0.25) is 0 Å². The third kappa shape index (κ3) is 3.04. The molecule has 1 N–H and O–H groups in total. The SMILES string of the molecule is CCNCc1cc(C(C)C)nc2ccc(OC)cc12. The summed E-state index contributed by atoms with van der Waals surface area (Å²) in [5.74, 6) is 1.32. The van der Waals surface area contributed by atoms with Gasteiger partial charge in [0, 0.05) is 17.6 Å². The summed E-state index contributed by atoms with van der Waals surface area (Å²) in [6.45, 7) is 8.30. The first kappa shape index (κ1) is 13.8. The van der Waals surface area contributed by atoms with Gasteiger partial charge in [-0.15, -0.1) is 0 Å². The minimum absolute atomic E-state index is 0.437. The molecule has 0 radical (unpaired) electrons. The molecule has 0 aliphatic carbocycles. The molecule has 0 saturated heterocycles. The smallest absolute Gasteiger partial charge is 0.119 e. The maximum absolute atomic E-state index is 5.31. The van der Waals surface area contributed by atoms with E-state index in [9.17, 15) is 0 Å². The van der Waals surface area contributed by atoms with Crippen LogP contribution in [-0.4, -0.2) is 18.6 Å². The molecule has 3 nitrogen and oxygen atoms in total. The van der Waals surface area contributed by atoms with Crippen LogP contribution >= 0.6 is 0 Å². The largest absolute Gasteiger partial charge is 0.497 e. The van der Waals surface area contributed by atoms with Gasteiger partial charge >= 0.3 is 0 Å². The number of fused-ring (bicyclic) bond motifs is 1. The molecule has 0 atom stereocenters. The zero-order valence-corrected chi connectivity index (χ0v) is 12.2. The van der Waals surface area contributed by atoms with Crippen molar-refractivity contribution < 1.29 is 4.74 Å². The molecule has 102 valence electrons. The van der Waals surface area contributed by atoms with Crippen LogP contribution in [0.1, 0.15) is 37.9 Å². The van der Waals surface area contributed by atoms with Crippen molar-refractivity contribution >= 4 is 10.9 Å². The van der Waals surface area contributed by atoms with Gasteiger partial charge in [0.1, 0.15) is 5.75 Å². The highest BCUT2D eigenvalue weighted by Crippen LogP contribution is 2.26. The lowest BCUT2D eigenvalue weighted by Gasteiger charge is -2.13. The topological polar surface area (TPSA) is 34.2 Å². The summed E-state index contributed by atoms with van der Waals surface area (Å²) in [4.78, 5) is 4.74. The fourth-order valence-electron chi connectivity index (χ4n) is 2.13. The Morgan fingerprint density at radius 3 is 2.68 bits per heavy atom. The van der Waals surface area contributed by atoms with E-state index >= 15 is 0 Å². The second-order valence-corrected chi connectivity index (χ2v) is 5.02. The van der Waals surface area contributed by atoms with E-state index in [0.717, 1.165) is 30.0 Å². The van der Waals surface area contributed by atoms with Crippen molar-refractivity contribution in [2.75, 3.05) is 13.7 Å². The summed E-state index contributed by atoms with van der Waals surface area (Å²) in [6.07, 6.45) is 0. The maximum Gasteiger partial charge on any atom is 0.119 e. The van der Waals surface area contributed by atoms with Crippen LogP contribution in [0.3, 0.4) is 0 Å². The number of methoxy groups -OCH3 is 1. The Bertz CT molecular complexity index is 564. The van der Waals surface area contributed by atoms with Gasteiger partial charge in [0.2, 0.25) is 0 Å². The molecular formula is C16H22N2O. The first-order chi connectivity index (χ1) is 9.15. The van der Waals surface area contributed by atoms with Crippen LogP contribution in [0, 0.1) is 0 Å². The fraction of sp³-hybridized carbons (Fsp3) is 0.438. The van der Waals surface area contributed by atoms with Gasteiger partial charge < -0.3 is 10.1 Å². The highest BCUT2D eigenvalue weighted by molar-refractivity contribution is 5.84. The molecule has 0 bridgehead atoms. The highest BCUT2D eigenvalue weighted by atomic mass is 16.5. The predicted octanol–water partition coefficient (Wildman–Crippen LogP) is 3.48. The number of benzene rings is 1. The number of nitrogens with zero attached hydrogens (tertiary/aromatic N) is 1. The molecule has 1 heterocycles. The average molecular weight is 258 g/mol. The van der Waals surface area contributed by atoms with Gasteiger partial charge in [-0.3, -0.25) is 4.98 Å². The number of aromatic nitrogens is 1. The zero-order valence-electron chi connectivity index (χ0n) is 12.2. The lowest BCUT2D eigenvalue weighted by molar-refractivity contribution is 0.415. The minimum atomic E-state index is 0.437. The number of hydrogen-bond donors (Lipinski definition) is 1. The Hall–Kier alpha value is -1.61. The molecule has 0 amide bonds. The highest BCUT2D eigenvalue weighted by Gasteiger charge is 2.09. The van der Waals surface area contributed by atoms with Crippen molar-refractivity contribution in [2.45, 2.75) is 33.2 Å². The Balaban J connectivity index is 2.56. The quantitative estimate of drug-likeness (QED) is 0.891. The van der Waals surface area contributed by atoms with Gasteiger partial charge in [0.25, 0.3) is 0 Å². The first-order valence-electron chi connectivity index (χ1n) is 6.84. The van der Waals surface area contributed by atoms with Crippen molar-refractivity contribution in [1.29, 1.82) is 0 Å². The third-order valence-corrected chi connectivity index (χ3v) is 3.28. The lowest BCUT2D eigenvalue weighted by atomic mass is 10.0. The second kappa shape index (κ2) is 6.02. The number of rotatable bonds is 5. The van der Waals surface area contributed by atoms with Crippen molar-refractivity contribution in [1.82, 2.24) is 10.3 Å². The van der Waals surface area contributed by atoms with E-state index < -0.39 is 0 Å². The van der Waals surface area contributed by atoms with E-state index in [2.05, 4.69) is 38.2 Å². The normalized spacial score (nSPS) is 11.2. The maximum atomic E-state index is 5.31. The molecule has 1 aromatic carbocycles. The van der Waals surface area contributed by atoms with Crippen molar-refractivity contribution in [2.24, 2.45) is 0 Å². The number of hydrogen-bond acceptors (Lipinski definition) is 3. The molecule has 19 heavy (non-hydrogen) atoms. The molecule has 2 aromatic rings. The lowest BCUT2D eigenvalue weighted by Crippen LogP contribution is -2.13. The molecule has 1 aromatic heterocycles. The Morgan fingerprint density at radius 1 is 1.26 bits per heavy atom. The van der Waals surface area contributed by atoms with Crippen LogP contribution in [0.4, 0.5) is 0 Å². The van der Waals surface area contributed by atoms with E-state index in [0.29, 0.717) is 5.92 Å². The molecule has 0 aliphatic heterocycles. The van der Waals surface area contributed by atoms with Crippen LogP contribution < -0.4 is 10.1 Å². The summed E-state index contributed by atoms with van der Waals surface area (Å²) in [5, 5.41) is 4.56. The Labute approximate surface area is 115 Å². The standard InChI is InChI=1S/C16H22N2O/c1-5-17-10-12-8-16(11(2)3)18-15-7-6-13(19-4)9-14(12)15/h6-9,11,17H,5,10H2,1-4H3. The summed E-state index contributed by atoms with van der Waals surface area (Å²) in [5.41, 5.74) is 3.47. The van der Waals surface area contributed by atoms with E-state index in [4.69, 9.17) is 9.72 Å². The van der Waals surface area contributed by atoms with Gasteiger partial charge in [-0.1, -0.05) is 20.8 Å². The fourth-order valence-corrected chi connectivity index (χ4v) is 2.13. The molecule has 0 fully saturated rings. The summed E-state index contributed by atoms with van der Waals surface area (Å²) in [6, 6.07) is 8.28. The molecule has 2 rings (SSSR count). The van der Waals surface area contributed by atoms with Crippen LogP contribution in [0.15, 0.2) is 24.3 Å². The molecular weight excluding hydrogens is 236 g/mol. The minimum Gasteiger partial charge on any atom is -0.497 e. The summed E-state index contributed by atoms with van der Waals surface area (Å²) >= 11 is 0. The molecule has 0 saturated carbocycles. The number of pyridine rings is 1. The molecule has 3 heteroatoms. The van der Waals surface area contributed by atoms with Crippen molar-refractivity contribution in [3.63, 3.8) is 0 Å². The first-order valence-corrected chi connectivity index (χ1v) is 6.84. The van der Waals surface area contributed by atoms with E-state index in [1.807, 2.05) is 12.1 Å². The van der Waals surface area contributed by atoms with Crippen molar-refractivity contribution in [3.05, 3.63) is 35.5 Å². The number of nitrogens with one attached hydrogen (secondary N) is 1. The molecule has 0 unspecified atom stereocenters. The van der Waals surface area contributed by atoms with Crippen LogP contribution in [0.25, 0.3) is 10.9 Å². The summed E-state index contributed by atoms with van der Waals surface area (Å²) < 4.78 is 5.31. The number of ether oxygens (including phenoxy) is 1. The van der Waals surface area contributed by atoms with E-state index in [-0.39, 0.29) is 0 Å². The summed E-state index contributed by atoms with van der Waals surface area (Å²) in [7, 11) is 1.70. The van der Waals surface area contributed by atoms with Crippen LogP contribution in [-0.2, 0) is 6.54 Å². The monoisotopic (exact) mass is 258 g/mol. The van der Waals surface area contributed by atoms with E-state index in [1.165, 1.54) is 10.9 Å². The molecule has 0 spiro atoms. The molecule has 0 aliphatic rings. The Kier molecular flexibility index (Phi) is 4.38. The predicted molar refractivity (Wildman–Crippen MR) is 79.8 cm³/mol. The van der Waals surface area contributed by atoms with Gasteiger partial charge in [-0.05, 0) is 42.3 Å². The van der Waals surface area contributed by atoms with Crippen molar-refractivity contribution in [3.8, 4) is 5.75 Å². The second-order valence-electron chi connectivity index (χ2n) is 5.02. The van der Waals surface area contributed by atoms with Gasteiger partial charge in [0.05, 0.1) is 12.6 Å². The van der Waals surface area contributed by atoms with Gasteiger partial charge in [0.15, 0.2) is 0 Å². The average Bonchev–Trinajstić information content (AvgIpc) is 2.43. The zero-order chi connectivity index (χ0) is 13.8. The third-order valence-electron chi connectivity index (χ3n) is 3.28. The van der Waals surface area contributed by atoms with E-state index in [1.54, 1.807) is 7.11 Å². The van der Waals surface area contributed by atoms with Crippen LogP contribution in [0.5, 0.6) is 5.75 Å². The van der Waals surface area contributed by atoms with Gasteiger partial charge in [-0.2, -0.15) is 0 Å².